The summed E-state index contributed by atoms with van der Waals surface area (Å²) in [5.74, 6) is -0.958. The number of hydrogen-bond acceptors (Lipinski definition) is 4. The van der Waals surface area contributed by atoms with Crippen LogP contribution in [0.5, 0.6) is 0 Å². The predicted molar refractivity (Wildman–Crippen MR) is 83.7 cm³/mol. The Bertz CT molecular complexity index is 465. The van der Waals surface area contributed by atoms with Gasteiger partial charge in [0.15, 0.2) is 6.29 Å². The van der Waals surface area contributed by atoms with Gasteiger partial charge in [-0.15, -0.1) is 0 Å². The highest BCUT2D eigenvalue weighted by Gasteiger charge is 2.40. The molecule has 2 amide bonds. The van der Waals surface area contributed by atoms with E-state index in [0.29, 0.717) is 5.57 Å². The lowest BCUT2D eigenvalue weighted by Gasteiger charge is -2.24. The van der Waals surface area contributed by atoms with Crippen molar-refractivity contribution < 1.29 is 19.4 Å². The molecule has 0 aromatic heterocycles. The molecule has 5 nitrogen and oxygen atoms in total. The summed E-state index contributed by atoms with van der Waals surface area (Å²) in [5, 5.41) is 9.73. The molecule has 0 aliphatic carbocycles. The van der Waals surface area contributed by atoms with E-state index in [2.05, 4.69) is 15.9 Å². The first kappa shape index (κ1) is 18.1. The number of ether oxygens (including phenoxy) is 1. The Labute approximate surface area is 133 Å². The fraction of sp³-hybridized carbons (Fsp3) is 0.600. The highest BCUT2D eigenvalue weighted by atomic mass is 79.9. The van der Waals surface area contributed by atoms with E-state index in [-0.39, 0.29) is 25.0 Å². The molecule has 0 radical (unpaired) electrons. The van der Waals surface area contributed by atoms with E-state index >= 15 is 0 Å². The van der Waals surface area contributed by atoms with Gasteiger partial charge in [0, 0.05) is 5.57 Å². The first-order chi connectivity index (χ1) is 9.70. The SMILES string of the molecule is C/C=C\C=C1\C(=O)N(CCOC(O)C(C)(C)Br)C(=O)C1C. The van der Waals surface area contributed by atoms with Crippen molar-refractivity contribution in [2.45, 2.75) is 38.3 Å². The Morgan fingerprint density at radius 3 is 2.62 bits per heavy atom. The molecule has 0 aromatic carbocycles. The summed E-state index contributed by atoms with van der Waals surface area (Å²) in [4.78, 5) is 25.4. The van der Waals surface area contributed by atoms with Gasteiger partial charge >= 0.3 is 0 Å². The molecule has 2 unspecified atom stereocenters. The van der Waals surface area contributed by atoms with Crippen LogP contribution < -0.4 is 0 Å². The van der Waals surface area contributed by atoms with E-state index in [1.54, 1.807) is 39.0 Å². The number of hydrogen-bond donors (Lipinski definition) is 1. The van der Waals surface area contributed by atoms with E-state index in [4.69, 9.17) is 4.74 Å². The monoisotopic (exact) mass is 359 g/mol. The van der Waals surface area contributed by atoms with Crippen molar-refractivity contribution >= 4 is 27.7 Å². The molecule has 0 aromatic rings. The number of alkyl halides is 1. The number of carbonyl (C=O) groups is 2. The molecule has 118 valence electrons. The van der Waals surface area contributed by atoms with Crippen molar-refractivity contribution in [3.63, 3.8) is 0 Å². The normalized spacial score (nSPS) is 23.6. The van der Waals surface area contributed by atoms with Gasteiger partial charge in [0.05, 0.1) is 23.4 Å². The zero-order valence-corrected chi connectivity index (χ0v) is 14.4. The smallest absolute Gasteiger partial charge is 0.257 e. The van der Waals surface area contributed by atoms with E-state index in [0.717, 1.165) is 0 Å². The summed E-state index contributed by atoms with van der Waals surface area (Å²) in [7, 11) is 0. The maximum Gasteiger partial charge on any atom is 0.257 e. The molecule has 1 aliphatic rings. The number of imide groups is 1. The van der Waals surface area contributed by atoms with Crippen molar-refractivity contribution in [3.05, 3.63) is 23.8 Å². The summed E-state index contributed by atoms with van der Waals surface area (Å²) in [6.07, 6.45) is 4.20. The van der Waals surface area contributed by atoms with Gasteiger partial charge in [0.25, 0.3) is 5.91 Å². The Morgan fingerprint density at radius 1 is 1.48 bits per heavy atom. The molecule has 1 fully saturated rings. The highest BCUT2D eigenvalue weighted by Crippen LogP contribution is 2.26. The molecule has 21 heavy (non-hydrogen) atoms. The molecule has 6 heteroatoms. The van der Waals surface area contributed by atoms with Gasteiger partial charge in [0.1, 0.15) is 0 Å². The lowest BCUT2D eigenvalue weighted by Crippen LogP contribution is -2.37. The minimum absolute atomic E-state index is 0.0945. The second-order valence-corrected chi connectivity index (χ2v) is 7.50. The van der Waals surface area contributed by atoms with Crippen LogP contribution in [0.4, 0.5) is 0 Å². The van der Waals surface area contributed by atoms with Crippen LogP contribution in [0.25, 0.3) is 0 Å². The topological polar surface area (TPSA) is 66.8 Å². The van der Waals surface area contributed by atoms with E-state index in [9.17, 15) is 14.7 Å². The number of nitrogens with zero attached hydrogens (tertiary/aromatic N) is 1. The average molecular weight is 360 g/mol. The maximum absolute atomic E-state index is 12.2. The third-order valence-electron chi connectivity index (χ3n) is 3.24. The van der Waals surface area contributed by atoms with Crippen molar-refractivity contribution in [2.75, 3.05) is 13.2 Å². The van der Waals surface area contributed by atoms with Crippen LogP contribution in [0.15, 0.2) is 23.8 Å². The first-order valence-electron chi connectivity index (χ1n) is 6.87. The fourth-order valence-corrected chi connectivity index (χ4v) is 2.02. The number of rotatable bonds is 6. The summed E-state index contributed by atoms with van der Waals surface area (Å²) in [5.41, 5.74) is 0.486. The third kappa shape index (κ3) is 4.49. The first-order valence-corrected chi connectivity index (χ1v) is 7.66. The summed E-state index contributed by atoms with van der Waals surface area (Å²) in [6.45, 7) is 7.32. The van der Waals surface area contributed by atoms with Gasteiger partial charge < -0.3 is 9.84 Å². The number of allylic oxidation sites excluding steroid dienone is 3. The van der Waals surface area contributed by atoms with Crippen LogP contribution in [-0.2, 0) is 14.3 Å². The quantitative estimate of drug-likeness (QED) is 0.341. The molecular formula is C15H22BrNO4. The predicted octanol–water partition coefficient (Wildman–Crippen LogP) is 2.00. The summed E-state index contributed by atoms with van der Waals surface area (Å²) < 4.78 is 4.66. The Hall–Kier alpha value is -0.980. The van der Waals surface area contributed by atoms with E-state index in [1.165, 1.54) is 4.90 Å². The van der Waals surface area contributed by atoms with Crippen LogP contribution in [0, 0.1) is 5.92 Å². The van der Waals surface area contributed by atoms with Crippen molar-refractivity contribution in [1.82, 2.24) is 4.90 Å². The lowest BCUT2D eigenvalue weighted by atomic mass is 10.0. The number of likely N-dealkylation sites (tertiary alicyclic amines) is 1. The Kier molecular flexibility index (Phi) is 6.31. The highest BCUT2D eigenvalue weighted by molar-refractivity contribution is 9.10. The molecular weight excluding hydrogens is 338 g/mol. The number of halogens is 1. The van der Waals surface area contributed by atoms with Gasteiger partial charge in [-0.1, -0.05) is 34.2 Å². The van der Waals surface area contributed by atoms with Gasteiger partial charge in [-0.05, 0) is 27.7 Å². The van der Waals surface area contributed by atoms with E-state index in [1.807, 2.05) is 6.92 Å². The van der Waals surface area contributed by atoms with Crippen LogP contribution in [0.2, 0.25) is 0 Å². The zero-order valence-electron chi connectivity index (χ0n) is 12.8. The van der Waals surface area contributed by atoms with Crippen LogP contribution >= 0.6 is 15.9 Å². The lowest BCUT2D eigenvalue weighted by molar-refractivity contribution is -0.145. The standard InChI is InChI=1S/C15H22BrNO4/c1-5-6-7-11-10(2)12(18)17(13(11)19)8-9-21-14(20)15(3,4)16/h5-7,10,14,20H,8-9H2,1-4H3/b6-5-,11-7+. The second kappa shape index (κ2) is 7.33. The molecule has 0 bridgehead atoms. The van der Waals surface area contributed by atoms with Gasteiger partial charge in [-0.2, -0.15) is 0 Å². The van der Waals surface area contributed by atoms with Crippen LogP contribution in [-0.4, -0.2) is 45.6 Å². The summed E-state index contributed by atoms with van der Waals surface area (Å²) >= 11 is 3.29. The third-order valence-corrected chi connectivity index (χ3v) is 3.63. The number of aliphatic hydroxyl groups excluding tert-OH is 1. The van der Waals surface area contributed by atoms with Crippen molar-refractivity contribution in [1.29, 1.82) is 0 Å². The number of amides is 2. The fourth-order valence-electron chi connectivity index (χ4n) is 1.89. The van der Waals surface area contributed by atoms with Crippen molar-refractivity contribution in [3.8, 4) is 0 Å². The molecule has 0 saturated carbocycles. The minimum Gasteiger partial charge on any atom is -0.367 e. The molecule has 0 spiro atoms. The Balaban J connectivity index is 2.64. The largest absolute Gasteiger partial charge is 0.367 e. The van der Waals surface area contributed by atoms with Gasteiger partial charge in [0.2, 0.25) is 5.91 Å². The van der Waals surface area contributed by atoms with Gasteiger partial charge in [-0.3, -0.25) is 14.5 Å². The minimum atomic E-state index is -1.01. The average Bonchev–Trinajstić information content (AvgIpc) is 2.59. The second-order valence-electron chi connectivity index (χ2n) is 5.45. The maximum atomic E-state index is 12.2. The molecule has 1 saturated heterocycles. The number of carbonyl (C=O) groups excluding carboxylic acids is 2. The molecule has 1 rings (SSSR count). The molecule has 2 atom stereocenters. The zero-order chi connectivity index (χ0) is 16.2. The van der Waals surface area contributed by atoms with E-state index < -0.39 is 16.5 Å². The molecule has 1 N–H and O–H groups in total. The Morgan fingerprint density at radius 2 is 2.10 bits per heavy atom. The molecule has 1 aliphatic heterocycles. The van der Waals surface area contributed by atoms with Crippen LogP contribution in [0.3, 0.4) is 0 Å². The van der Waals surface area contributed by atoms with Crippen molar-refractivity contribution in [2.24, 2.45) is 5.92 Å². The summed E-state index contributed by atoms with van der Waals surface area (Å²) in [6, 6.07) is 0. The molecule has 1 heterocycles. The number of aliphatic hydroxyl groups is 1. The van der Waals surface area contributed by atoms with Gasteiger partial charge in [-0.25, -0.2) is 0 Å². The van der Waals surface area contributed by atoms with Crippen LogP contribution in [0.1, 0.15) is 27.7 Å².